The first-order chi connectivity index (χ1) is 6.77. The standard InChI is InChI=1S/C10H14ClNOS.ClH/c1-13-10-3-2-8(6-9(10)11)7-14-5-4-12;/h2-3,6H,4-5,7,12H2,1H3;1H/p-1. The van der Waals surface area contributed by atoms with E-state index in [1.54, 1.807) is 18.9 Å². The van der Waals surface area contributed by atoms with Gasteiger partial charge in [-0.25, -0.2) is 0 Å². The smallest absolute Gasteiger partial charge is 0.137 e. The fraction of sp³-hybridized carbons (Fsp3) is 0.400. The zero-order valence-corrected chi connectivity index (χ0v) is 10.8. The number of benzene rings is 1. The average molecular weight is 267 g/mol. The number of methoxy groups -OCH3 is 1. The van der Waals surface area contributed by atoms with Crippen LogP contribution in [0.3, 0.4) is 0 Å². The molecule has 0 saturated carbocycles. The first-order valence-corrected chi connectivity index (χ1v) is 5.91. The second kappa shape index (κ2) is 8.11. The van der Waals surface area contributed by atoms with Crippen molar-refractivity contribution in [3.8, 4) is 5.75 Å². The highest BCUT2D eigenvalue weighted by Crippen LogP contribution is 2.26. The number of ether oxygens (including phenoxy) is 1. The second-order valence-electron chi connectivity index (χ2n) is 2.81. The van der Waals surface area contributed by atoms with Crippen LogP contribution in [0.2, 0.25) is 5.02 Å². The third-order valence-electron chi connectivity index (χ3n) is 1.75. The molecule has 0 aromatic heterocycles. The summed E-state index contributed by atoms with van der Waals surface area (Å²) in [5, 5.41) is 0.665. The molecule has 1 aromatic rings. The monoisotopic (exact) mass is 266 g/mol. The van der Waals surface area contributed by atoms with Crippen molar-refractivity contribution in [2.24, 2.45) is 5.73 Å². The van der Waals surface area contributed by atoms with Crippen LogP contribution in [0.25, 0.3) is 0 Å². The predicted octanol–water partition coefficient (Wildman–Crippen LogP) is -0.455. The van der Waals surface area contributed by atoms with Gasteiger partial charge in [-0.3, -0.25) is 0 Å². The molecule has 5 heteroatoms. The van der Waals surface area contributed by atoms with Gasteiger partial charge >= 0.3 is 0 Å². The molecule has 0 amide bonds. The van der Waals surface area contributed by atoms with E-state index < -0.39 is 0 Å². The normalized spacial score (nSPS) is 9.53. The first-order valence-electron chi connectivity index (χ1n) is 4.38. The molecule has 1 aromatic carbocycles. The maximum Gasteiger partial charge on any atom is 0.137 e. The Labute approximate surface area is 106 Å². The van der Waals surface area contributed by atoms with E-state index in [1.165, 1.54) is 5.56 Å². The highest BCUT2D eigenvalue weighted by atomic mass is 35.5. The summed E-state index contributed by atoms with van der Waals surface area (Å²) in [7, 11) is 1.62. The summed E-state index contributed by atoms with van der Waals surface area (Å²) >= 11 is 7.79. The number of hydrogen-bond donors (Lipinski definition) is 1. The molecule has 86 valence electrons. The van der Waals surface area contributed by atoms with E-state index in [-0.39, 0.29) is 12.4 Å². The van der Waals surface area contributed by atoms with E-state index in [0.29, 0.717) is 11.6 Å². The van der Waals surface area contributed by atoms with Gasteiger partial charge in [0.2, 0.25) is 0 Å². The summed E-state index contributed by atoms with van der Waals surface area (Å²) in [6, 6.07) is 5.85. The molecule has 0 aliphatic carbocycles. The van der Waals surface area contributed by atoms with E-state index in [9.17, 15) is 0 Å². The summed E-state index contributed by atoms with van der Waals surface area (Å²) in [6.07, 6.45) is 0. The molecule has 0 heterocycles. The lowest BCUT2D eigenvalue weighted by atomic mass is 10.2. The molecule has 0 aliphatic heterocycles. The summed E-state index contributed by atoms with van der Waals surface area (Å²) in [6.45, 7) is 0.717. The molecule has 0 unspecified atom stereocenters. The predicted molar refractivity (Wildman–Crippen MR) is 63.2 cm³/mol. The largest absolute Gasteiger partial charge is 1.00 e. The Morgan fingerprint density at radius 3 is 2.73 bits per heavy atom. The third kappa shape index (κ3) is 4.98. The molecule has 0 fully saturated rings. The van der Waals surface area contributed by atoms with Crippen molar-refractivity contribution in [2.75, 3.05) is 19.4 Å². The van der Waals surface area contributed by atoms with Gasteiger partial charge in [-0.2, -0.15) is 11.8 Å². The lowest BCUT2D eigenvalue weighted by Gasteiger charge is -2.05. The minimum Gasteiger partial charge on any atom is -1.00 e. The Balaban J connectivity index is 0.00000196. The van der Waals surface area contributed by atoms with Gasteiger partial charge in [0.25, 0.3) is 0 Å². The van der Waals surface area contributed by atoms with E-state index in [4.69, 9.17) is 22.1 Å². The van der Waals surface area contributed by atoms with Crippen LogP contribution in [0.15, 0.2) is 18.2 Å². The van der Waals surface area contributed by atoms with Crippen molar-refractivity contribution in [1.82, 2.24) is 0 Å². The molecule has 0 atom stereocenters. The molecule has 1 rings (SSSR count). The summed E-state index contributed by atoms with van der Waals surface area (Å²) in [5.74, 6) is 2.64. The first kappa shape index (κ1) is 14.9. The second-order valence-corrected chi connectivity index (χ2v) is 4.32. The molecular weight excluding hydrogens is 253 g/mol. The van der Waals surface area contributed by atoms with Gasteiger partial charge in [-0.15, -0.1) is 0 Å². The van der Waals surface area contributed by atoms with Gasteiger partial charge in [-0.1, -0.05) is 17.7 Å². The minimum absolute atomic E-state index is 0. The van der Waals surface area contributed by atoms with Crippen LogP contribution >= 0.6 is 23.4 Å². The van der Waals surface area contributed by atoms with Crippen LogP contribution in [0.5, 0.6) is 5.75 Å². The van der Waals surface area contributed by atoms with Gasteiger partial charge in [0.15, 0.2) is 0 Å². The summed E-state index contributed by atoms with van der Waals surface area (Å²) in [4.78, 5) is 0. The van der Waals surface area contributed by atoms with Gasteiger partial charge in [-0.05, 0) is 17.7 Å². The van der Waals surface area contributed by atoms with Gasteiger partial charge in [0.1, 0.15) is 5.75 Å². The topological polar surface area (TPSA) is 35.2 Å². The molecule has 2 N–H and O–H groups in total. The van der Waals surface area contributed by atoms with Crippen molar-refractivity contribution in [3.63, 3.8) is 0 Å². The fourth-order valence-electron chi connectivity index (χ4n) is 1.07. The molecule has 15 heavy (non-hydrogen) atoms. The Bertz CT molecular complexity index is 297. The highest BCUT2D eigenvalue weighted by Gasteiger charge is 2.01. The molecule has 0 aliphatic rings. The van der Waals surface area contributed by atoms with Crippen LogP contribution in [0.4, 0.5) is 0 Å². The van der Waals surface area contributed by atoms with Crippen molar-refractivity contribution in [3.05, 3.63) is 28.8 Å². The lowest BCUT2D eigenvalue weighted by molar-refractivity contribution is -0.00000317. The van der Waals surface area contributed by atoms with Gasteiger partial charge < -0.3 is 22.9 Å². The van der Waals surface area contributed by atoms with E-state index >= 15 is 0 Å². The summed E-state index contributed by atoms with van der Waals surface area (Å²) in [5.41, 5.74) is 6.60. The summed E-state index contributed by atoms with van der Waals surface area (Å²) < 4.78 is 5.07. The molecule has 0 radical (unpaired) electrons. The number of rotatable bonds is 5. The van der Waals surface area contributed by atoms with Crippen molar-refractivity contribution < 1.29 is 17.1 Å². The fourth-order valence-corrected chi connectivity index (χ4v) is 2.08. The Morgan fingerprint density at radius 2 is 2.20 bits per heavy atom. The van der Waals surface area contributed by atoms with Crippen LogP contribution in [-0.2, 0) is 5.75 Å². The molecular formula is C10H14Cl2NOS-. The van der Waals surface area contributed by atoms with E-state index in [2.05, 4.69) is 0 Å². The lowest BCUT2D eigenvalue weighted by Crippen LogP contribution is -3.00. The minimum atomic E-state index is 0. The molecule has 0 saturated heterocycles. The maximum atomic E-state index is 5.98. The number of thioether (sulfide) groups is 1. The number of nitrogens with two attached hydrogens (primary N) is 1. The Hall–Kier alpha value is -0.0900. The zero-order valence-electron chi connectivity index (χ0n) is 8.50. The highest BCUT2D eigenvalue weighted by molar-refractivity contribution is 7.98. The van der Waals surface area contributed by atoms with Gasteiger partial charge in [0.05, 0.1) is 12.1 Å². The van der Waals surface area contributed by atoms with Crippen LogP contribution in [0, 0.1) is 0 Å². The third-order valence-corrected chi connectivity index (χ3v) is 3.10. The quantitative estimate of drug-likeness (QED) is 0.734. The van der Waals surface area contributed by atoms with Crippen LogP contribution in [-0.4, -0.2) is 19.4 Å². The van der Waals surface area contributed by atoms with Crippen molar-refractivity contribution in [1.29, 1.82) is 0 Å². The number of hydrogen-bond acceptors (Lipinski definition) is 3. The number of halogens is 2. The average Bonchev–Trinajstić information content (AvgIpc) is 2.18. The molecule has 0 bridgehead atoms. The van der Waals surface area contributed by atoms with E-state index in [1.807, 2.05) is 18.2 Å². The SMILES string of the molecule is COc1ccc(CSCCN)cc1Cl.[Cl-]. The molecule has 2 nitrogen and oxygen atoms in total. The van der Waals surface area contributed by atoms with Crippen molar-refractivity contribution >= 4 is 23.4 Å². The van der Waals surface area contributed by atoms with Crippen molar-refractivity contribution in [2.45, 2.75) is 5.75 Å². The van der Waals surface area contributed by atoms with Crippen LogP contribution in [0.1, 0.15) is 5.56 Å². The van der Waals surface area contributed by atoms with Gasteiger partial charge in [0, 0.05) is 18.1 Å². The molecule has 0 spiro atoms. The maximum absolute atomic E-state index is 5.98. The Kier molecular flexibility index (Phi) is 8.06. The van der Waals surface area contributed by atoms with Crippen LogP contribution < -0.4 is 22.9 Å². The zero-order chi connectivity index (χ0) is 10.4. The van der Waals surface area contributed by atoms with E-state index in [0.717, 1.165) is 17.3 Å². The Morgan fingerprint density at radius 1 is 1.47 bits per heavy atom.